The van der Waals surface area contributed by atoms with Crippen LogP contribution in [0.15, 0.2) is 35.3 Å². The summed E-state index contributed by atoms with van der Waals surface area (Å²) in [5.74, 6) is 0.486. The summed E-state index contributed by atoms with van der Waals surface area (Å²) in [5.41, 5.74) is 3.11. The van der Waals surface area contributed by atoms with Crippen LogP contribution in [0.5, 0.6) is 0 Å². The largest absolute Gasteiger partial charge is 0.356 e. The van der Waals surface area contributed by atoms with Crippen molar-refractivity contribution in [3.05, 3.63) is 53.1 Å². The zero-order chi connectivity index (χ0) is 16.7. The maximum Gasteiger partial charge on any atom is 0.191 e. The van der Waals surface area contributed by atoms with Gasteiger partial charge in [-0.05, 0) is 44.0 Å². The molecule has 2 aromatic rings. The molecule has 7 heteroatoms. The van der Waals surface area contributed by atoms with Gasteiger partial charge in [0, 0.05) is 32.4 Å². The van der Waals surface area contributed by atoms with Gasteiger partial charge in [0.15, 0.2) is 5.96 Å². The van der Waals surface area contributed by atoms with Gasteiger partial charge in [-0.15, -0.1) is 24.0 Å². The Kier molecular flexibility index (Phi) is 8.73. The predicted molar refractivity (Wildman–Crippen MR) is 106 cm³/mol. The highest BCUT2D eigenvalue weighted by atomic mass is 127. The second-order valence-electron chi connectivity index (χ2n) is 5.49. The molecule has 24 heavy (non-hydrogen) atoms. The number of nitrogens with zero attached hydrogens (tertiary/aromatic N) is 3. The summed E-state index contributed by atoms with van der Waals surface area (Å²) in [6.45, 7) is 6.26. The third-order valence-corrected chi connectivity index (χ3v) is 3.52. The number of halogens is 2. The Morgan fingerprint density at radius 3 is 2.67 bits per heavy atom. The molecule has 0 aliphatic heterocycles. The van der Waals surface area contributed by atoms with Crippen molar-refractivity contribution in [2.24, 2.45) is 4.99 Å². The van der Waals surface area contributed by atoms with E-state index in [0.29, 0.717) is 12.5 Å². The first-order valence-corrected chi connectivity index (χ1v) is 7.78. The highest BCUT2D eigenvalue weighted by Gasteiger charge is 2.02. The van der Waals surface area contributed by atoms with E-state index in [1.807, 2.05) is 17.7 Å². The van der Waals surface area contributed by atoms with Crippen molar-refractivity contribution in [3.8, 4) is 0 Å². The lowest BCUT2D eigenvalue weighted by atomic mass is 10.2. The second kappa shape index (κ2) is 10.3. The summed E-state index contributed by atoms with van der Waals surface area (Å²) >= 11 is 0. The molecule has 132 valence electrons. The van der Waals surface area contributed by atoms with E-state index < -0.39 is 0 Å². The van der Waals surface area contributed by atoms with Crippen molar-refractivity contribution in [2.75, 3.05) is 13.6 Å². The van der Waals surface area contributed by atoms with Crippen LogP contribution in [0.2, 0.25) is 0 Å². The van der Waals surface area contributed by atoms with E-state index in [0.717, 1.165) is 30.8 Å². The molecule has 0 spiro atoms. The maximum absolute atomic E-state index is 13.1. The van der Waals surface area contributed by atoms with Crippen LogP contribution in [0.4, 0.5) is 4.39 Å². The Morgan fingerprint density at radius 1 is 1.25 bits per heavy atom. The molecule has 1 heterocycles. The molecule has 0 aliphatic carbocycles. The van der Waals surface area contributed by atoms with E-state index in [4.69, 9.17) is 0 Å². The molecular weight excluding hydrogens is 420 g/mol. The third-order valence-electron chi connectivity index (χ3n) is 3.52. The minimum Gasteiger partial charge on any atom is -0.356 e. The minimum absolute atomic E-state index is 0. The molecule has 0 aliphatic rings. The lowest BCUT2D eigenvalue weighted by Gasteiger charge is -2.12. The van der Waals surface area contributed by atoms with Crippen LogP contribution in [0, 0.1) is 19.7 Å². The van der Waals surface area contributed by atoms with Crippen molar-refractivity contribution in [2.45, 2.75) is 33.4 Å². The fraction of sp³-hybridized carbons (Fsp3) is 0.412. The first-order valence-electron chi connectivity index (χ1n) is 7.78. The number of hydrogen-bond acceptors (Lipinski definition) is 2. The molecule has 0 radical (unpaired) electrons. The Labute approximate surface area is 159 Å². The highest BCUT2D eigenvalue weighted by molar-refractivity contribution is 14.0. The Morgan fingerprint density at radius 2 is 2.04 bits per heavy atom. The van der Waals surface area contributed by atoms with Crippen molar-refractivity contribution in [1.82, 2.24) is 20.4 Å². The van der Waals surface area contributed by atoms with Crippen molar-refractivity contribution in [3.63, 3.8) is 0 Å². The second-order valence-corrected chi connectivity index (χ2v) is 5.49. The summed E-state index contributed by atoms with van der Waals surface area (Å²) in [6.07, 6.45) is 0.947. The molecule has 0 atom stereocenters. The molecule has 0 bridgehead atoms. The van der Waals surface area contributed by atoms with Crippen LogP contribution in [-0.4, -0.2) is 29.3 Å². The molecule has 1 aromatic carbocycles. The SMILES string of the molecule is CN=C(NCCCn1nc(C)cc1C)NCc1cccc(F)c1.I. The monoisotopic (exact) mass is 445 g/mol. The van der Waals surface area contributed by atoms with Gasteiger partial charge in [-0.2, -0.15) is 5.10 Å². The zero-order valence-electron chi connectivity index (χ0n) is 14.3. The Balaban J connectivity index is 0.00000288. The third kappa shape index (κ3) is 6.46. The van der Waals surface area contributed by atoms with E-state index in [1.165, 1.54) is 17.8 Å². The van der Waals surface area contributed by atoms with Crippen LogP contribution >= 0.6 is 24.0 Å². The zero-order valence-corrected chi connectivity index (χ0v) is 16.7. The maximum atomic E-state index is 13.1. The van der Waals surface area contributed by atoms with Gasteiger partial charge in [0.1, 0.15) is 5.82 Å². The molecular formula is C17H25FIN5. The van der Waals surface area contributed by atoms with Crippen LogP contribution in [0.25, 0.3) is 0 Å². The summed E-state index contributed by atoms with van der Waals surface area (Å²) < 4.78 is 15.1. The molecule has 5 nitrogen and oxygen atoms in total. The smallest absolute Gasteiger partial charge is 0.191 e. The quantitative estimate of drug-likeness (QED) is 0.311. The average molecular weight is 445 g/mol. The Hall–Kier alpha value is -1.64. The molecule has 0 saturated carbocycles. The summed E-state index contributed by atoms with van der Waals surface area (Å²) in [6, 6.07) is 8.62. The summed E-state index contributed by atoms with van der Waals surface area (Å²) in [5, 5.41) is 10.9. The standard InChI is InChI=1S/C17H24FN5.HI/c1-13-10-14(2)23(22-13)9-5-8-20-17(19-3)21-12-15-6-4-7-16(18)11-15;/h4,6-7,10-11H,5,8-9,12H2,1-3H3,(H2,19,20,21);1H. The fourth-order valence-electron chi connectivity index (χ4n) is 2.39. The first kappa shape index (κ1) is 20.4. The molecule has 2 rings (SSSR count). The van der Waals surface area contributed by atoms with E-state index in [-0.39, 0.29) is 29.8 Å². The van der Waals surface area contributed by atoms with Gasteiger partial charge in [-0.3, -0.25) is 9.67 Å². The summed E-state index contributed by atoms with van der Waals surface area (Å²) in [4.78, 5) is 4.17. The highest BCUT2D eigenvalue weighted by Crippen LogP contribution is 2.03. The number of guanidine groups is 1. The first-order chi connectivity index (χ1) is 11.1. The number of benzene rings is 1. The van der Waals surface area contributed by atoms with Gasteiger partial charge in [0.25, 0.3) is 0 Å². The molecule has 1 aromatic heterocycles. The average Bonchev–Trinajstić information content (AvgIpc) is 2.84. The van der Waals surface area contributed by atoms with E-state index in [2.05, 4.69) is 33.7 Å². The molecule has 0 amide bonds. The van der Waals surface area contributed by atoms with Gasteiger partial charge in [0.2, 0.25) is 0 Å². The number of aryl methyl sites for hydroxylation is 3. The van der Waals surface area contributed by atoms with Gasteiger partial charge < -0.3 is 10.6 Å². The van der Waals surface area contributed by atoms with E-state index >= 15 is 0 Å². The number of hydrogen-bond donors (Lipinski definition) is 2. The molecule has 0 saturated heterocycles. The predicted octanol–water partition coefficient (Wildman–Crippen LogP) is 3.01. The van der Waals surface area contributed by atoms with Crippen LogP contribution in [0.1, 0.15) is 23.4 Å². The van der Waals surface area contributed by atoms with Gasteiger partial charge in [0.05, 0.1) is 5.69 Å². The number of aliphatic imine (C=N–C) groups is 1. The number of nitrogens with one attached hydrogen (secondary N) is 2. The van der Waals surface area contributed by atoms with E-state index in [1.54, 1.807) is 13.1 Å². The topological polar surface area (TPSA) is 54.2 Å². The fourth-order valence-corrected chi connectivity index (χ4v) is 2.39. The number of aromatic nitrogens is 2. The van der Waals surface area contributed by atoms with Crippen LogP contribution in [0.3, 0.4) is 0 Å². The lowest BCUT2D eigenvalue weighted by Crippen LogP contribution is -2.37. The van der Waals surface area contributed by atoms with Gasteiger partial charge in [-0.25, -0.2) is 4.39 Å². The van der Waals surface area contributed by atoms with Crippen molar-refractivity contribution >= 4 is 29.9 Å². The van der Waals surface area contributed by atoms with E-state index in [9.17, 15) is 4.39 Å². The molecule has 0 unspecified atom stereocenters. The molecule has 0 fully saturated rings. The Bertz CT molecular complexity index is 669. The number of rotatable bonds is 6. The van der Waals surface area contributed by atoms with Crippen molar-refractivity contribution in [1.29, 1.82) is 0 Å². The van der Waals surface area contributed by atoms with Crippen LogP contribution < -0.4 is 10.6 Å². The van der Waals surface area contributed by atoms with Gasteiger partial charge >= 0.3 is 0 Å². The normalized spacial score (nSPS) is 11.1. The summed E-state index contributed by atoms with van der Waals surface area (Å²) in [7, 11) is 1.72. The minimum atomic E-state index is -0.225. The van der Waals surface area contributed by atoms with Crippen LogP contribution in [-0.2, 0) is 13.1 Å². The lowest BCUT2D eigenvalue weighted by molar-refractivity contribution is 0.555. The van der Waals surface area contributed by atoms with Gasteiger partial charge in [-0.1, -0.05) is 12.1 Å². The molecule has 2 N–H and O–H groups in total. The van der Waals surface area contributed by atoms with Crippen molar-refractivity contribution < 1.29 is 4.39 Å².